The molecule has 0 saturated carbocycles. The lowest BCUT2D eigenvalue weighted by Crippen LogP contribution is -2.15. The normalized spacial score (nSPS) is 11.4. The van der Waals surface area contributed by atoms with Gasteiger partial charge in [-0.2, -0.15) is 5.10 Å². The number of H-pyrrole nitrogens is 1. The van der Waals surface area contributed by atoms with Gasteiger partial charge in [0, 0.05) is 12.4 Å². The van der Waals surface area contributed by atoms with E-state index in [0.29, 0.717) is 11.4 Å². The van der Waals surface area contributed by atoms with E-state index in [9.17, 15) is 8.42 Å². The molecule has 0 radical (unpaired) electrons. The van der Waals surface area contributed by atoms with Gasteiger partial charge in [-0.1, -0.05) is 0 Å². The molecule has 8 heteroatoms. The molecule has 0 fully saturated rings. The van der Waals surface area contributed by atoms with Crippen molar-refractivity contribution in [3.05, 3.63) is 35.9 Å². The number of hydrogen-bond acceptors (Lipinski definition) is 5. The predicted octanol–water partition coefficient (Wildman–Crippen LogP) is 0.406. The number of nitrogens with one attached hydrogen (secondary N) is 2. The number of aromatic amines is 1. The van der Waals surface area contributed by atoms with Crippen molar-refractivity contribution in [3.63, 3.8) is 0 Å². The highest BCUT2D eigenvalue weighted by molar-refractivity contribution is 7.92. The molecule has 0 spiro atoms. The van der Waals surface area contributed by atoms with Crippen molar-refractivity contribution >= 4 is 15.7 Å². The topological polar surface area (TPSA) is 108 Å². The molecule has 2 heterocycles. The van der Waals surface area contributed by atoms with E-state index in [-0.39, 0.29) is 10.6 Å². The Hall–Kier alpha value is -1.93. The van der Waals surface area contributed by atoms with Gasteiger partial charge in [0.25, 0.3) is 10.0 Å². The second kappa shape index (κ2) is 4.75. The Kier molecular flexibility index (Phi) is 3.30. The first-order valence-electron chi connectivity index (χ1n) is 5.12. The van der Waals surface area contributed by atoms with Crippen LogP contribution in [0.5, 0.6) is 0 Å². The van der Waals surface area contributed by atoms with Gasteiger partial charge in [0.2, 0.25) is 0 Å². The first-order valence-corrected chi connectivity index (χ1v) is 6.60. The number of aliphatic hydroxyl groups is 1. The first kappa shape index (κ1) is 12.5. The molecular formula is C10H12N4O3S. The zero-order valence-corrected chi connectivity index (χ0v) is 10.4. The Morgan fingerprint density at radius 1 is 1.39 bits per heavy atom. The molecule has 2 rings (SSSR count). The van der Waals surface area contributed by atoms with E-state index in [4.69, 9.17) is 5.11 Å². The summed E-state index contributed by atoms with van der Waals surface area (Å²) in [5.41, 5.74) is 0.865. The number of rotatable bonds is 4. The van der Waals surface area contributed by atoms with Gasteiger partial charge >= 0.3 is 0 Å². The summed E-state index contributed by atoms with van der Waals surface area (Å²) in [4.78, 5) is 3.77. The fraction of sp³-hybridized carbons (Fsp3) is 0.200. The fourth-order valence-electron chi connectivity index (χ4n) is 1.56. The highest BCUT2D eigenvalue weighted by Gasteiger charge is 2.23. The van der Waals surface area contributed by atoms with Crippen LogP contribution < -0.4 is 4.72 Å². The molecule has 0 saturated heterocycles. The number of aromatic nitrogens is 3. The van der Waals surface area contributed by atoms with Gasteiger partial charge < -0.3 is 5.11 Å². The summed E-state index contributed by atoms with van der Waals surface area (Å²) in [5.74, 6) is 0. The lowest BCUT2D eigenvalue weighted by molar-refractivity contribution is 0.273. The van der Waals surface area contributed by atoms with Crippen molar-refractivity contribution in [3.8, 4) is 0 Å². The average molecular weight is 268 g/mol. The average Bonchev–Trinajstić information content (AvgIpc) is 2.72. The fourth-order valence-corrected chi connectivity index (χ4v) is 2.98. The molecule has 7 nitrogen and oxygen atoms in total. The van der Waals surface area contributed by atoms with Crippen molar-refractivity contribution in [1.82, 2.24) is 15.2 Å². The summed E-state index contributed by atoms with van der Waals surface area (Å²) in [5, 5.41) is 15.4. The molecule has 0 bridgehead atoms. The molecule has 0 amide bonds. The minimum absolute atomic E-state index is 0.0261. The Bertz CT molecular complexity index is 636. The Morgan fingerprint density at radius 3 is 2.67 bits per heavy atom. The van der Waals surface area contributed by atoms with Crippen LogP contribution in [0.1, 0.15) is 11.4 Å². The summed E-state index contributed by atoms with van der Waals surface area (Å²) in [6, 6.07) is 3.07. The molecule has 0 atom stereocenters. The van der Waals surface area contributed by atoms with Crippen LogP contribution >= 0.6 is 0 Å². The summed E-state index contributed by atoms with van der Waals surface area (Å²) in [6.07, 6.45) is 2.96. The van der Waals surface area contributed by atoms with E-state index in [0.717, 1.165) is 0 Å². The SMILES string of the molecule is Cc1[nH]nc(CO)c1S(=O)(=O)Nc1ccncc1. The Balaban J connectivity index is 2.40. The van der Waals surface area contributed by atoms with E-state index < -0.39 is 16.6 Å². The van der Waals surface area contributed by atoms with Gasteiger partial charge in [0.05, 0.1) is 18.0 Å². The van der Waals surface area contributed by atoms with Crippen LogP contribution in [0, 0.1) is 6.92 Å². The van der Waals surface area contributed by atoms with Gasteiger partial charge in [-0.15, -0.1) is 0 Å². The minimum atomic E-state index is -3.77. The maximum absolute atomic E-state index is 12.2. The maximum atomic E-state index is 12.2. The lowest BCUT2D eigenvalue weighted by Gasteiger charge is -2.07. The number of nitrogens with zero attached hydrogens (tertiary/aromatic N) is 2. The minimum Gasteiger partial charge on any atom is -0.390 e. The largest absolute Gasteiger partial charge is 0.390 e. The molecule has 0 aliphatic carbocycles. The first-order chi connectivity index (χ1) is 8.54. The van der Waals surface area contributed by atoms with E-state index in [1.165, 1.54) is 24.5 Å². The molecule has 96 valence electrons. The number of pyridine rings is 1. The van der Waals surface area contributed by atoms with Gasteiger partial charge in [-0.05, 0) is 19.1 Å². The zero-order chi connectivity index (χ0) is 13.2. The van der Waals surface area contributed by atoms with Crippen LogP contribution in [0.3, 0.4) is 0 Å². The number of hydrogen-bond donors (Lipinski definition) is 3. The van der Waals surface area contributed by atoms with Crippen molar-refractivity contribution in [2.24, 2.45) is 0 Å². The summed E-state index contributed by atoms with van der Waals surface area (Å²) < 4.78 is 26.7. The van der Waals surface area contributed by atoms with Crippen LogP contribution in [0.25, 0.3) is 0 Å². The quantitative estimate of drug-likeness (QED) is 0.744. The van der Waals surface area contributed by atoms with Gasteiger partial charge in [0.15, 0.2) is 0 Å². The highest BCUT2D eigenvalue weighted by atomic mass is 32.2. The number of sulfonamides is 1. The molecule has 3 N–H and O–H groups in total. The molecule has 2 aromatic heterocycles. The second-order valence-electron chi connectivity index (χ2n) is 3.62. The summed E-state index contributed by atoms with van der Waals surface area (Å²) in [6.45, 7) is 1.13. The Morgan fingerprint density at radius 2 is 2.06 bits per heavy atom. The molecule has 0 aliphatic heterocycles. The van der Waals surface area contributed by atoms with Crippen LogP contribution in [0.15, 0.2) is 29.4 Å². The molecule has 0 aliphatic rings. The number of anilines is 1. The van der Waals surface area contributed by atoms with Crippen LogP contribution in [-0.2, 0) is 16.6 Å². The highest BCUT2D eigenvalue weighted by Crippen LogP contribution is 2.20. The van der Waals surface area contributed by atoms with Crippen molar-refractivity contribution in [2.45, 2.75) is 18.4 Å². The van der Waals surface area contributed by atoms with Gasteiger partial charge in [-0.25, -0.2) is 8.42 Å². The molecule has 0 unspecified atom stereocenters. The summed E-state index contributed by atoms with van der Waals surface area (Å²) >= 11 is 0. The third-order valence-corrected chi connectivity index (χ3v) is 3.90. The molecule has 18 heavy (non-hydrogen) atoms. The maximum Gasteiger partial charge on any atom is 0.265 e. The molecule has 2 aromatic rings. The van der Waals surface area contributed by atoms with E-state index >= 15 is 0 Å². The van der Waals surface area contributed by atoms with E-state index in [1.54, 1.807) is 6.92 Å². The smallest absolute Gasteiger partial charge is 0.265 e. The van der Waals surface area contributed by atoms with Crippen LogP contribution in [0.4, 0.5) is 5.69 Å². The van der Waals surface area contributed by atoms with Gasteiger partial charge in [-0.3, -0.25) is 14.8 Å². The Labute approximate surface area is 104 Å². The van der Waals surface area contributed by atoms with Crippen molar-refractivity contribution in [2.75, 3.05) is 4.72 Å². The monoisotopic (exact) mass is 268 g/mol. The van der Waals surface area contributed by atoms with E-state index in [2.05, 4.69) is 19.9 Å². The third-order valence-electron chi connectivity index (χ3n) is 2.31. The predicted molar refractivity (Wildman–Crippen MR) is 64.3 cm³/mol. The zero-order valence-electron chi connectivity index (χ0n) is 9.58. The number of aliphatic hydroxyl groups excluding tert-OH is 1. The van der Waals surface area contributed by atoms with Crippen molar-refractivity contribution in [1.29, 1.82) is 0 Å². The van der Waals surface area contributed by atoms with Crippen LogP contribution in [0.2, 0.25) is 0 Å². The molecular weight excluding hydrogens is 256 g/mol. The lowest BCUT2D eigenvalue weighted by atomic mass is 10.4. The van der Waals surface area contributed by atoms with Crippen LogP contribution in [-0.4, -0.2) is 28.7 Å². The van der Waals surface area contributed by atoms with Crippen molar-refractivity contribution < 1.29 is 13.5 Å². The van der Waals surface area contributed by atoms with Gasteiger partial charge in [0.1, 0.15) is 10.6 Å². The summed E-state index contributed by atoms with van der Waals surface area (Å²) in [7, 11) is -3.77. The van der Waals surface area contributed by atoms with E-state index in [1.807, 2.05) is 0 Å². The second-order valence-corrected chi connectivity index (χ2v) is 5.24. The third kappa shape index (κ3) is 2.34. The molecule has 0 aromatic carbocycles. The number of aryl methyl sites for hydroxylation is 1. The standard InChI is InChI=1S/C10H12N4O3S/c1-7-10(9(6-15)13-12-7)18(16,17)14-8-2-4-11-5-3-8/h2-5,15H,6H2,1H3,(H,11,14)(H,12,13).